The quantitative estimate of drug-likeness (QED) is 0.592. The van der Waals surface area contributed by atoms with Gasteiger partial charge in [0.25, 0.3) is 0 Å². The molecule has 5 nitrogen and oxygen atoms in total. The Morgan fingerprint density at radius 1 is 1.07 bits per heavy atom. The Kier molecular flexibility index (Phi) is 6.85. The van der Waals surface area contributed by atoms with Crippen LogP contribution in [-0.4, -0.2) is 39.0 Å². The molecule has 1 aromatic heterocycles. The summed E-state index contributed by atoms with van der Waals surface area (Å²) in [6.45, 7) is 8.19. The van der Waals surface area contributed by atoms with Crippen molar-refractivity contribution in [1.29, 1.82) is 0 Å². The van der Waals surface area contributed by atoms with Crippen molar-refractivity contribution in [2.24, 2.45) is 0 Å². The monoisotopic (exact) mass is 379 g/mol. The highest BCUT2D eigenvalue weighted by atomic mass is 16.5. The number of aliphatic hydroxyl groups excluding tert-OH is 1. The van der Waals surface area contributed by atoms with Crippen molar-refractivity contribution in [3.8, 4) is 17.3 Å². The number of aliphatic hydroxyl groups is 1. The number of ether oxygens (including phenoxy) is 1. The van der Waals surface area contributed by atoms with Gasteiger partial charge in [0.15, 0.2) is 0 Å². The minimum atomic E-state index is -0.380. The fourth-order valence-corrected chi connectivity index (χ4v) is 3.32. The van der Waals surface area contributed by atoms with Crippen molar-refractivity contribution in [3.05, 3.63) is 71.9 Å². The molecule has 0 amide bonds. The summed E-state index contributed by atoms with van der Waals surface area (Å²) in [6, 6.07) is 19.8. The molecule has 28 heavy (non-hydrogen) atoms. The second kappa shape index (κ2) is 9.53. The Bertz CT molecular complexity index is 860. The van der Waals surface area contributed by atoms with Crippen molar-refractivity contribution in [1.82, 2.24) is 14.7 Å². The molecule has 1 heterocycles. The van der Waals surface area contributed by atoms with E-state index in [4.69, 9.17) is 9.84 Å². The molecule has 3 rings (SSSR count). The summed E-state index contributed by atoms with van der Waals surface area (Å²) >= 11 is 0. The van der Waals surface area contributed by atoms with E-state index in [1.807, 2.05) is 79.2 Å². The first-order valence-electron chi connectivity index (χ1n) is 9.85. The van der Waals surface area contributed by atoms with E-state index in [0.29, 0.717) is 13.1 Å². The molecule has 0 aliphatic carbocycles. The fraction of sp³-hybridized carbons (Fsp3) is 0.348. The predicted molar refractivity (Wildman–Crippen MR) is 112 cm³/mol. The number of nitrogens with zero attached hydrogens (tertiary/aromatic N) is 3. The number of rotatable bonds is 9. The topological polar surface area (TPSA) is 50.5 Å². The van der Waals surface area contributed by atoms with E-state index in [1.165, 1.54) is 0 Å². The van der Waals surface area contributed by atoms with Gasteiger partial charge in [0.05, 0.1) is 23.0 Å². The minimum absolute atomic E-state index is 0.380. The van der Waals surface area contributed by atoms with Gasteiger partial charge >= 0.3 is 0 Å². The zero-order valence-corrected chi connectivity index (χ0v) is 16.9. The molecule has 0 radical (unpaired) electrons. The molecule has 0 saturated carbocycles. The lowest BCUT2D eigenvalue weighted by Gasteiger charge is -2.23. The van der Waals surface area contributed by atoms with E-state index < -0.39 is 0 Å². The van der Waals surface area contributed by atoms with Crippen molar-refractivity contribution < 1.29 is 9.84 Å². The molecule has 0 aliphatic rings. The van der Waals surface area contributed by atoms with E-state index in [0.717, 1.165) is 41.5 Å². The second-order valence-electron chi connectivity index (χ2n) is 7.12. The molecule has 0 spiro atoms. The van der Waals surface area contributed by atoms with E-state index >= 15 is 0 Å². The Hall–Kier alpha value is -2.63. The molecule has 1 N–H and O–H groups in total. The van der Waals surface area contributed by atoms with Crippen LogP contribution in [0, 0.1) is 6.92 Å². The highest BCUT2D eigenvalue weighted by Gasteiger charge is 2.21. The van der Waals surface area contributed by atoms with Gasteiger partial charge in [-0.15, -0.1) is 0 Å². The van der Waals surface area contributed by atoms with Gasteiger partial charge in [-0.25, -0.2) is 4.68 Å². The summed E-state index contributed by atoms with van der Waals surface area (Å²) < 4.78 is 8.18. The lowest BCUT2D eigenvalue weighted by atomic mass is 10.2. The Balaban J connectivity index is 2.01. The number of hydrogen-bond donors (Lipinski definition) is 1. The van der Waals surface area contributed by atoms with Crippen LogP contribution in [0.2, 0.25) is 0 Å². The van der Waals surface area contributed by atoms with E-state index in [9.17, 15) is 5.11 Å². The van der Waals surface area contributed by atoms with Gasteiger partial charge in [-0.1, -0.05) is 43.3 Å². The summed E-state index contributed by atoms with van der Waals surface area (Å²) in [7, 11) is 0. The Morgan fingerprint density at radius 3 is 2.32 bits per heavy atom. The molecule has 148 valence electrons. The van der Waals surface area contributed by atoms with Crippen molar-refractivity contribution in [2.75, 3.05) is 13.1 Å². The summed E-state index contributed by atoms with van der Waals surface area (Å²) in [5.74, 6) is 1.50. The Labute approximate surface area is 167 Å². The molecule has 0 bridgehead atoms. The van der Waals surface area contributed by atoms with Gasteiger partial charge in [0, 0.05) is 13.1 Å². The molecule has 3 aromatic rings. The van der Waals surface area contributed by atoms with Crippen LogP contribution in [-0.2, 0) is 6.54 Å². The first kappa shape index (κ1) is 20.1. The molecule has 2 aromatic carbocycles. The highest BCUT2D eigenvalue weighted by molar-refractivity contribution is 5.43. The van der Waals surface area contributed by atoms with Gasteiger partial charge in [-0.3, -0.25) is 4.90 Å². The van der Waals surface area contributed by atoms with E-state index in [1.54, 1.807) is 0 Å². The fourth-order valence-electron chi connectivity index (χ4n) is 3.32. The zero-order valence-electron chi connectivity index (χ0n) is 16.9. The van der Waals surface area contributed by atoms with Crippen LogP contribution in [0.5, 0.6) is 11.6 Å². The van der Waals surface area contributed by atoms with E-state index in [2.05, 4.69) is 11.8 Å². The number of benzene rings is 2. The first-order valence-corrected chi connectivity index (χ1v) is 9.85. The minimum Gasteiger partial charge on any atom is -0.439 e. The van der Waals surface area contributed by atoms with Crippen LogP contribution < -0.4 is 4.74 Å². The maximum Gasteiger partial charge on any atom is 0.227 e. The summed E-state index contributed by atoms with van der Waals surface area (Å²) in [5, 5.41) is 14.7. The third kappa shape index (κ3) is 5.00. The van der Waals surface area contributed by atoms with Gasteiger partial charge in [0.2, 0.25) is 5.88 Å². The predicted octanol–water partition coefficient (Wildman–Crippen LogP) is 4.57. The number of aryl methyl sites for hydroxylation is 1. The number of aromatic nitrogens is 2. The molecule has 0 unspecified atom stereocenters. The number of hydrogen-bond acceptors (Lipinski definition) is 4. The molecule has 1 atom stereocenters. The third-order valence-electron chi connectivity index (χ3n) is 4.54. The Morgan fingerprint density at radius 2 is 1.71 bits per heavy atom. The molecule has 5 heteroatoms. The molecule has 0 saturated heterocycles. The lowest BCUT2D eigenvalue weighted by Crippen LogP contribution is -2.31. The second-order valence-corrected chi connectivity index (χ2v) is 7.12. The lowest BCUT2D eigenvalue weighted by molar-refractivity contribution is 0.122. The highest BCUT2D eigenvalue weighted by Crippen LogP contribution is 2.31. The van der Waals surface area contributed by atoms with Crippen LogP contribution >= 0.6 is 0 Å². The molecule has 0 fully saturated rings. The van der Waals surface area contributed by atoms with Crippen LogP contribution in [0.25, 0.3) is 5.69 Å². The van der Waals surface area contributed by atoms with Gasteiger partial charge in [-0.05, 0) is 51.1 Å². The number of para-hydroxylation sites is 2. The standard InChI is InChI=1S/C23H29N3O2/c1-4-15-25(16-18(2)27)17-22-19(3)24-26(20-11-7-5-8-12-20)23(22)28-21-13-9-6-10-14-21/h5-14,18,27H,4,15-17H2,1-3H3/t18-/m1/s1. The van der Waals surface area contributed by atoms with Gasteiger partial charge in [-0.2, -0.15) is 5.10 Å². The van der Waals surface area contributed by atoms with Crippen molar-refractivity contribution >= 4 is 0 Å². The summed E-state index contributed by atoms with van der Waals surface area (Å²) in [5.41, 5.74) is 2.93. The van der Waals surface area contributed by atoms with Crippen LogP contribution in [0.4, 0.5) is 0 Å². The van der Waals surface area contributed by atoms with Gasteiger partial charge < -0.3 is 9.84 Å². The molecule has 0 aliphatic heterocycles. The van der Waals surface area contributed by atoms with Crippen LogP contribution in [0.15, 0.2) is 60.7 Å². The van der Waals surface area contributed by atoms with Crippen molar-refractivity contribution in [3.63, 3.8) is 0 Å². The maximum absolute atomic E-state index is 9.89. The largest absolute Gasteiger partial charge is 0.439 e. The van der Waals surface area contributed by atoms with Crippen molar-refractivity contribution in [2.45, 2.75) is 39.8 Å². The normalized spacial score (nSPS) is 12.3. The van der Waals surface area contributed by atoms with Crippen LogP contribution in [0.3, 0.4) is 0 Å². The average molecular weight is 380 g/mol. The average Bonchev–Trinajstić information content (AvgIpc) is 2.99. The summed E-state index contributed by atoms with van der Waals surface area (Å²) in [6.07, 6.45) is 0.641. The van der Waals surface area contributed by atoms with Gasteiger partial charge in [0.1, 0.15) is 5.75 Å². The van der Waals surface area contributed by atoms with E-state index in [-0.39, 0.29) is 6.10 Å². The first-order chi connectivity index (χ1) is 13.6. The SMILES string of the molecule is CCCN(Cc1c(C)nn(-c2ccccc2)c1Oc1ccccc1)C[C@@H](C)O. The molecular weight excluding hydrogens is 350 g/mol. The zero-order chi connectivity index (χ0) is 19.9. The smallest absolute Gasteiger partial charge is 0.227 e. The summed E-state index contributed by atoms with van der Waals surface area (Å²) in [4.78, 5) is 2.25. The van der Waals surface area contributed by atoms with Crippen LogP contribution in [0.1, 0.15) is 31.5 Å². The third-order valence-corrected chi connectivity index (χ3v) is 4.54. The maximum atomic E-state index is 9.89. The molecular formula is C23H29N3O2.